The minimum absolute atomic E-state index is 0.0134. The zero-order valence-electron chi connectivity index (χ0n) is 14.2. The smallest absolute Gasteiger partial charge is 0.0859 e. The number of nitrogens with zero attached hydrogens (tertiary/aromatic N) is 3. The van der Waals surface area contributed by atoms with Gasteiger partial charge in [-0.3, -0.25) is 4.99 Å². The van der Waals surface area contributed by atoms with E-state index in [4.69, 9.17) is 0 Å². The molecule has 0 N–H and O–H groups in total. The normalized spacial score (nSPS) is 12.9. The summed E-state index contributed by atoms with van der Waals surface area (Å²) in [7, 11) is 0. The molecule has 0 saturated heterocycles. The second-order valence-electron chi connectivity index (χ2n) is 6.15. The van der Waals surface area contributed by atoms with E-state index in [0.717, 1.165) is 26.2 Å². The Balaban J connectivity index is 4.63. The summed E-state index contributed by atoms with van der Waals surface area (Å²) < 4.78 is 0. The Morgan fingerprint density at radius 1 is 0.947 bits per heavy atom. The van der Waals surface area contributed by atoms with Gasteiger partial charge in [-0.1, -0.05) is 27.7 Å². The quantitative estimate of drug-likeness (QED) is 0.470. The zero-order chi connectivity index (χ0) is 14.9. The number of hydrogen-bond donors (Lipinski definition) is 0. The molecule has 0 atom stereocenters. The van der Waals surface area contributed by atoms with Crippen LogP contribution in [-0.2, 0) is 0 Å². The molecule has 0 rings (SSSR count). The zero-order valence-corrected chi connectivity index (χ0v) is 14.2. The Labute approximate surface area is 121 Å². The number of rotatable bonds is 9. The van der Waals surface area contributed by atoms with E-state index in [0.29, 0.717) is 6.04 Å². The molecule has 0 radical (unpaired) electrons. The molecule has 0 aliphatic rings. The molecule has 3 nitrogen and oxygen atoms in total. The molecular weight excluding hydrogens is 234 g/mol. The average Bonchev–Trinajstić information content (AvgIpc) is 2.36. The van der Waals surface area contributed by atoms with Crippen LogP contribution < -0.4 is 0 Å². The summed E-state index contributed by atoms with van der Waals surface area (Å²) >= 11 is 0. The van der Waals surface area contributed by atoms with Gasteiger partial charge in [0.1, 0.15) is 0 Å². The highest BCUT2D eigenvalue weighted by Crippen LogP contribution is 2.10. The van der Waals surface area contributed by atoms with Gasteiger partial charge in [0.15, 0.2) is 0 Å². The first-order valence-electron chi connectivity index (χ1n) is 7.91. The molecule has 0 aliphatic carbocycles. The van der Waals surface area contributed by atoms with E-state index >= 15 is 0 Å². The standard InChI is InChI=1S/C16H35N3/c1-8-15(9-2)19(14-17-16(5,6)7)13-12-18(10-3)11-4/h14-15H,8-13H2,1-7H3. The molecule has 0 aromatic rings. The summed E-state index contributed by atoms with van der Waals surface area (Å²) in [6.07, 6.45) is 4.46. The van der Waals surface area contributed by atoms with Gasteiger partial charge in [0.25, 0.3) is 0 Å². The van der Waals surface area contributed by atoms with Crippen molar-refractivity contribution in [1.29, 1.82) is 0 Å². The third-order valence-electron chi connectivity index (χ3n) is 3.57. The lowest BCUT2D eigenvalue weighted by atomic mass is 10.1. The third-order valence-corrected chi connectivity index (χ3v) is 3.57. The molecule has 0 unspecified atom stereocenters. The first-order valence-corrected chi connectivity index (χ1v) is 7.91. The monoisotopic (exact) mass is 269 g/mol. The van der Waals surface area contributed by atoms with Crippen LogP contribution in [0.25, 0.3) is 0 Å². The average molecular weight is 269 g/mol. The van der Waals surface area contributed by atoms with E-state index in [-0.39, 0.29) is 5.54 Å². The second kappa shape index (κ2) is 9.35. The molecule has 0 aliphatic heterocycles. The van der Waals surface area contributed by atoms with E-state index in [1.807, 2.05) is 0 Å². The number of hydrogen-bond acceptors (Lipinski definition) is 2. The lowest BCUT2D eigenvalue weighted by Gasteiger charge is -2.31. The summed E-state index contributed by atoms with van der Waals surface area (Å²) in [4.78, 5) is 9.59. The highest BCUT2D eigenvalue weighted by molar-refractivity contribution is 5.56. The Morgan fingerprint density at radius 3 is 1.84 bits per heavy atom. The minimum atomic E-state index is 0.0134. The SMILES string of the molecule is CCC(CC)N(C=NC(C)(C)C)CCN(CC)CC. The molecule has 0 fully saturated rings. The van der Waals surface area contributed by atoms with Gasteiger partial charge in [0.05, 0.1) is 11.9 Å². The van der Waals surface area contributed by atoms with E-state index in [9.17, 15) is 0 Å². The highest BCUT2D eigenvalue weighted by atomic mass is 15.2. The largest absolute Gasteiger partial charge is 0.359 e. The molecule has 0 heterocycles. The van der Waals surface area contributed by atoms with Crippen LogP contribution in [0.2, 0.25) is 0 Å². The fraction of sp³-hybridized carbons (Fsp3) is 0.938. The predicted molar refractivity (Wildman–Crippen MR) is 87.1 cm³/mol. The summed E-state index contributed by atoms with van der Waals surface area (Å²) in [6, 6.07) is 0.613. The maximum Gasteiger partial charge on any atom is 0.0859 e. The van der Waals surface area contributed by atoms with Crippen molar-refractivity contribution in [3.8, 4) is 0 Å². The van der Waals surface area contributed by atoms with Gasteiger partial charge in [0.2, 0.25) is 0 Å². The summed E-state index contributed by atoms with van der Waals surface area (Å²) in [6.45, 7) is 19.9. The van der Waals surface area contributed by atoms with Crippen molar-refractivity contribution < 1.29 is 0 Å². The summed E-state index contributed by atoms with van der Waals surface area (Å²) in [5.41, 5.74) is 0.0134. The molecule has 0 bridgehead atoms. The van der Waals surface area contributed by atoms with Crippen molar-refractivity contribution >= 4 is 6.34 Å². The van der Waals surface area contributed by atoms with Crippen molar-refractivity contribution in [3.63, 3.8) is 0 Å². The molecule has 0 aromatic carbocycles. The molecule has 3 heteroatoms. The van der Waals surface area contributed by atoms with Crippen LogP contribution in [0.5, 0.6) is 0 Å². The summed E-state index contributed by atoms with van der Waals surface area (Å²) in [5, 5.41) is 0. The van der Waals surface area contributed by atoms with Gasteiger partial charge in [-0.15, -0.1) is 0 Å². The van der Waals surface area contributed by atoms with Crippen LogP contribution in [0.3, 0.4) is 0 Å². The highest BCUT2D eigenvalue weighted by Gasteiger charge is 2.14. The maximum absolute atomic E-state index is 4.69. The van der Waals surface area contributed by atoms with Crippen molar-refractivity contribution in [2.75, 3.05) is 26.2 Å². The van der Waals surface area contributed by atoms with E-state index in [1.165, 1.54) is 12.8 Å². The van der Waals surface area contributed by atoms with Crippen molar-refractivity contribution in [2.24, 2.45) is 4.99 Å². The molecule has 0 amide bonds. The maximum atomic E-state index is 4.69. The first-order chi connectivity index (χ1) is 8.87. The fourth-order valence-electron chi connectivity index (χ4n) is 2.14. The van der Waals surface area contributed by atoms with Crippen molar-refractivity contribution in [2.45, 2.75) is 72.9 Å². The van der Waals surface area contributed by atoms with Gasteiger partial charge >= 0.3 is 0 Å². The third kappa shape index (κ3) is 8.25. The number of likely N-dealkylation sites (N-methyl/N-ethyl adjacent to an activating group) is 1. The van der Waals surface area contributed by atoms with Crippen LogP contribution in [0.15, 0.2) is 4.99 Å². The Morgan fingerprint density at radius 2 is 1.47 bits per heavy atom. The minimum Gasteiger partial charge on any atom is -0.359 e. The van der Waals surface area contributed by atoms with Crippen molar-refractivity contribution in [1.82, 2.24) is 9.80 Å². The van der Waals surface area contributed by atoms with Gasteiger partial charge in [-0.25, -0.2) is 0 Å². The van der Waals surface area contributed by atoms with E-state index in [2.05, 4.69) is 69.6 Å². The van der Waals surface area contributed by atoms with Gasteiger partial charge < -0.3 is 9.80 Å². The lowest BCUT2D eigenvalue weighted by molar-refractivity contribution is 0.233. The fourth-order valence-corrected chi connectivity index (χ4v) is 2.14. The van der Waals surface area contributed by atoms with Gasteiger partial charge in [-0.2, -0.15) is 0 Å². The molecule has 0 saturated carbocycles. The molecule has 19 heavy (non-hydrogen) atoms. The summed E-state index contributed by atoms with van der Waals surface area (Å²) in [5.74, 6) is 0. The van der Waals surface area contributed by atoms with Crippen LogP contribution in [0.4, 0.5) is 0 Å². The number of aliphatic imine (C=N–C) groups is 1. The predicted octanol–water partition coefficient (Wildman–Crippen LogP) is 3.65. The van der Waals surface area contributed by atoms with Crippen molar-refractivity contribution in [3.05, 3.63) is 0 Å². The lowest BCUT2D eigenvalue weighted by Crippen LogP contribution is -2.40. The molecular formula is C16H35N3. The first kappa shape index (κ1) is 18.4. The van der Waals surface area contributed by atoms with Crippen LogP contribution in [0.1, 0.15) is 61.3 Å². The molecule has 0 aromatic heterocycles. The van der Waals surface area contributed by atoms with E-state index < -0.39 is 0 Å². The van der Waals surface area contributed by atoms with Gasteiger partial charge in [0, 0.05) is 19.1 Å². The van der Waals surface area contributed by atoms with Gasteiger partial charge in [-0.05, 0) is 46.7 Å². The molecule has 114 valence electrons. The topological polar surface area (TPSA) is 18.8 Å². The van der Waals surface area contributed by atoms with E-state index in [1.54, 1.807) is 0 Å². The second-order valence-corrected chi connectivity index (χ2v) is 6.15. The molecule has 0 spiro atoms. The Kier molecular flexibility index (Phi) is 9.07. The van der Waals surface area contributed by atoms with Crippen LogP contribution in [0, 0.1) is 0 Å². The van der Waals surface area contributed by atoms with Crippen LogP contribution in [-0.4, -0.2) is 53.9 Å². The Bertz CT molecular complexity index is 235. The Hall–Kier alpha value is -0.570. The van der Waals surface area contributed by atoms with Crippen LogP contribution >= 0.6 is 0 Å².